The maximum Gasteiger partial charge on any atom is 0.317 e. The van der Waals surface area contributed by atoms with E-state index in [4.69, 9.17) is 5.11 Å². The summed E-state index contributed by atoms with van der Waals surface area (Å²) >= 11 is 2.19. The largest absolute Gasteiger partial charge is 0.480 e. The van der Waals surface area contributed by atoms with Crippen LogP contribution < -0.4 is 5.32 Å². The molecule has 114 valence electrons. The number of carbonyl (C=O) groups excluding carboxylic acids is 1. The Labute approximate surface area is 137 Å². The number of piperazine rings is 1. The number of benzene rings is 1. The second-order valence-electron chi connectivity index (χ2n) is 4.97. The van der Waals surface area contributed by atoms with Gasteiger partial charge in [0.2, 0.25) is 5.91 Å². The number of nitrogens with zero attached hydrogens (tertiary/aromatic N) is 2. The zero-order chi connectivity index (χ0) is 15.2. The fraction of sp³-hybridized carbons (Fsp3) is 0.429. The van der Waals surface area contributed by atoms with E-state index < -0.39 is 5.97 Å². The van der Waals surface area contributed by atoms with Crippen LogP contribution in [0.25, 0.3) is 0 Å². The number of aliphatic carboxylic acids is 1. The van der Waals surface area contributed by atoms with Crippen molar-refractivity contribution in [2.24, 2.45) is 0 Å². The van der Waals surface area contributed by atoms with Crippen molar-refractivity contribution < 1.29 is 14.7 Å². The third kappa shape index (κ3) is 5.25. The molecule has 0 aromatic heterocycles. The van der Waals surface area contributed by atoms with Gasteiger partial charge in [0.15, 0.2) is 0 Å². The first-order valence-corrected chi connectivity index (χ1v) is 7.83. The summed E-state index contributed by atoms with van der Waals surface area (Å²) in [7, 11) is 0. The highest BCUT2D eigenvalue weighted by molar-refractivity contribution is 14.1. The Balaban J connectivity index is 1.77. The molecule has 1 fully saturated rings. The minimum atomic E-state index is -0.806. The molecule has 7 heteroatoms. The summed E-state index contributed by atoms with van der Waals surface area (Å²) in [6.07, 6.45) is 0. The van der Waals surface area contributed by atoms with Crippen LogP contribution >= 0.6 is 22.6 Å². The molecule has 1 aliphatic rings. The molecule has 0 radical (unpaired) electrons. The van der Waals surface area contributed by atoms with E-state index in [0.29, 0.717) is 32.7 Å². The molecule has 1 aromatic rings. The Hall–Kier alpha value is -1.19. The number of hydrogen-bond acceptors (Lipinski definition) is 4. The van der Waals surface area contributed by atoms with Crippen molar-refractivity contribution in [2.45, 2.75) is 0 Å². The van der Waals surface area contributed by atoms with Crippen molar-refractivity contribution in [3.63, 3.8) is 0 Å². The van der Waals surface area contributed by atoms with Gasteiger partial charge in [0.25, 0.3) is 0 Å². The number of para-hydroxylation sites is 1. The predicted octanol–water partition coefficient (Wildman–Crippen LogP) is 0.932. The van der Waals surface area contributed by atoms with Crippen molar-refractivity contribution in [2.75, 3.05) is 44.6 Å². The van der Waals surface area contributed by atoms with Gasteiger partial charge in [-0.05, 0) is 34.7 Å². The highest BCUT2D eigenvalue weighted by Gasteiger charge is 2.20. The molecule has 0 aliphatic carbocycles. The van der Waals surface area contributed by atoms with E-state index in [-0.39, 0.29) is 12.5 Å². The SMILES string of the molecule is O=C(O)CN1CCN(CC(=O)Nc2ccccc2I)CC1. The van der Waals surface area contributed by atoms with Crippen LogP contribution in [0.15, 0.2) is 24.3 Å². The number of amides is 1. The smallest absolute Gasteiger partial charge is 0.317 e. The summed E-state index contributed by atoms with van der Waals surface area (Å²) in [5.74, 6) is -0.842. The average molecular weight is 403 g/mol. The maximum atomic E-state index is 12.0. The first kappa shape index (κ1) is 16.2. The van der Waals surface area contributed by atoms with Crippen LogP contribution in [-0.4, -0.2) is 66.1 Å². The van der Waals surface area contributed by atoms with Crippen LogP contribution in [-0.2, 0) is 9.59 Å². The van der Waals surface area contributed by atoms with Crippen LogP contribution in [0.1, 0.15) is 0 Å². The van der Waals surface area contributed by atoms with Gasteiger partial charge in [0.05, 0.1) is 18.8 Å². The normalized spacial score (nSPS) is 16.6. The molecule has 0 atom stereocenters. The lowest BCUT2D eigenvalue weighted by Crippen LogP contribution is -2.49. The average Bonchev–Trinajstić information content (AvgIpc) is 2.43. The van der Waals surface area contributed by atoms with Gasteiger partial charge in [-0.25, -0.2) is 0 Å². The Kier molecular flexibility index (Phi) is 5.95. The molecule has 6 nitrogen and oxygen atoms in total. The molecule has 0 saturated carbocycles. The van der Waals surface area contributed by atoms with Crippen LogP contribution in [0.2, 0.25) is 0 Å². The second-order valence-corrected chi connectivity index (χ2v) is 6.14. The van der Waals surface area contributed by atoms with E-state index in [1.165, 1.54) is 0 Å². The van der Waals surface area contributed by atoms with Crippen molar-refractivity contribution >= 4 is 40.2 Å². The number of rotatable bonds is 5. The Morgan fingerprint density at radius 1 is 1.10 bits per heavy atom. The molecular weight excluding hydrogens is 385 g/mol. The van der Waals surface area contributed by atoms with E-state index >= 15 is 0 Å². The molecule has 0 spiro atoms. The highest BCUT2D eigenvalue weighted by atomic mass is 127. The molecule has 21 heavy (non-hydrogen) atoms. The van der Waals surface area contributed by atoms with Gasteiger partial charge in [-0.2, -0.15) is 0 Å². The Morgan fingerprint density at radius 3 is 2.24 bits per heavy atom. The number of nitrogens with one attached hydrogen (secondary N) is 1. The van der Waals surface area contributed by atoms with E-state index in [0.717, 1.165) is 9.26 Å². The summed E-state index contributed by atoms with van der Waals surface area (Å²) in [4.78, 5) is 26.6. The van der Waals surface area contributed by atoms with Gasteiger partial charge >= 0.3 is 5.97 Å². The summed E-state index contributed by atoms with van der Waals surface area (Å²) in [6.45, 7) is 3.21. The van der Waals surface area contributed by atoms with Gasteiger partial charge in [0.1, 0.15) is 0 Å². The molecule has 1 heterocycles. The number of carboxylic acids is 1. The van der Waals surface area contributed by atoms with E-state index in [1.54, 1.807) is 0 Å². The lowest BCUT2D eigenvalue weighted by Gasteiger charge is -2.33. The summed E-state index contributed by atoms with van der Waals surface area (Å²) in [6, 6.07) is 7.65. The standard InChI is InChI=1S/C14H18IN3O3/c15-11-3-1-2-4-12(11)16-13(19)9-17-5-7-18(8-6-17)10-14(20)21/h1-4H,5-10H2,(H,16,19)(H,20,21). The minimum absolute atomic E-state index is 0.0363. The molecule has 0 unspecified atom stereocenters. The van der Waals surface area contributed by atoms with E-state index in [2.05, 4.69) is 27.9 Å². The molecule has 2 rings (SSSR count). The fourth-order valence-corrected chi connectivity index (χ4v) is 2.77. The zero-order valence-corrected chi connectivity index (χ0v) is 13.7. The molecule has 1 amide bonds. The lowest BCUT2D eigenvalue weighted by atomic mass is 10.3. The quantitative estimate of drug-likeness (QED) is 0.716. The van der Waals surface area contributed by atoms with Gasteiger partial charge in [-0.1, -0.05) is 12.1 Å². The lowest BCUT2D eigenvalue weighted by molar-refractivity contribution is -0.139. The van der Waals surface area contributed by atoms with Crippen LogP contribution in [0.3, 0.4) is 0 Å². The number of carbonyl (C=O) groups is 2. The van der Waals surface area contributed by atoms with E-state index in [1.807, 2.05) is 34.1 Å². The molecular formula is C14H18IN3O3. The highest BCUT2D eigenvalue weighted by Crippen LogP contribution is 2.16. The Morgan fingerprint density at radius 2 is 1.67 bits per heavy atom. The van der Waals surface area contributed by atoms with E-state index in [9.17, 15) is 9.59 Å². The summed E-state index contributed by atoms with van der Waals surface area (Å²) < 4.78 is 1.01. The number of halogens is 1. The molecule has 0 bridgehead atoms. The molecule has 1 saturated heterocycles. The van der Waals surface area contributed by atoms with Crippen molar-refractivity contribution in [3.8, 4) is 0 Å². The predicted molar refractivity (Wildman–Crippen MR) is 88.3 cm³/mol. The number of anilines is 1. The third-order valence-corrected chi connectivity index (χ3v) is 4.28. The first-order valence-electron chi connectivity index (χ1n) is 6.75. The van der Waals surface area contributed by atoms with Crippen molar-refractivity contribution in [1.82, 2.24) is 9.80 Å². The topological polar surface area (TPSA) is 72.9 Å². The summed E-state index contributed by atoms with van der Waals surface area (Å²) in [5, 5.41) is 11.7. The summed E-state index contributed by atoms with van der Waals surface area (Å²) in [5.41, 5.74) is 0.826. The van der Waals surface area contributed by atoms with Gasteiger partial charge in [-0.15, -0.1) is 0 Å². The number of carboxylic acid groups (broad SMARTS) is 1. The monoisotopic (exact) mass is 403 g/mol. The maximum absolute atomic E-state index is 12.0. The van der Waals surface area contributed by atoms with Crippen molar-refractivity contribution in [3.05, 3.63) is 27.8 Å². The third-order valence-electron chi connectivity index (χ3n) is 3.34. The van der Waals surface area contributed by atoms with Gasteiger partial charge in [0, 0.05) is 29.7 Å². The van der Waals surface area contributed by atoms with Crippen LogP contribution in [0.4, 0.5) is 5.69 Å². The number of hydrogen-bond donors (Lipinski definition) is 2. The van der Waals surface area contributed by atoms with Gasteiger partial charge in [-0.3, -0.25) is 19.4 Å². The Bertz CT molecular complexity index is 516. The second kappa shape index (κ2) is 7.71. The van der Waals surface area contributed by atoms with Crippen LogP contribution in [0.5, 0.6) is 0 Å². The minimum Gasteiger partial charge on any atom is -0.480 e. The van der Waals surface area contributed by atoms with Crippen molar-refractivity contribution in [1.29, 1.82) is 0 Å². The molecule has 1 aliphatic heterocycles. The van der Waals surface area contributed by atoms with Crippen LogP contribution in [0, 0.1) is 3.57 Å². The molecule has 2 N–H and O–H groups in total. The van der Waals surface area contributed by atoms with Gasteiger partial charge < -0.3 is 10.4 Å². The zero-order valence-electron chi connectivity index (χ0n) is 11.6. The fourth-order valence-electron chi connectivity index (χ4n) is 2.25. The molecule has 1 aromatic carbocycles. The first-order chi connectivity index (χ1) is 10.0.